The lowest BCUT2D eigenvalue weighted by Crippen LogP contribution is -2.43. The van der Waals surface area contributed by atoms with Crippen molar-refractivity contribution < 1.29 is 9.90 Å². The van der Waals surface area contributed by atoms with Crippen molar-refractivity contribution in [3.05, 3.63) is 0 Å². The minimum absolute atomic E-state index is 0.279. The summed E-state index contributed by atoms with van der Waals surface area (Å²) in [5.41, 5.74) is 0. The van der Waals surface area contributed by atoms with E-state index in [0.29, 0.717) is 12.6 Å². The molecule has 0 aliphatic carbocycles. The summed E-state index contributed by atoms with van der Waals surface area (Å²) in [6, 6.07) is 0.546. The Kier molecular flexibility index (Phi) is 5.05. The minimum atomic E-state index is -0.710. The van der Waals surface area contributed by atoms with Crippen molar-refractivity contribution in [2.24, 2.45) is 5.92 Å². The van der Waals surface area contributed by atoms with E-state index in [4.69, 9.17) is 5.11 Å². The van der Waals surface area contributed by atoms with E-state index >= 15 is 0 Å². The highest BCUT2D eigenvalue weighted by molar-refractivity contribution is 5.69. The molecule has 0 amide bonds. The molecule has 2 atom stereocenters. The number of likely N-dealkylation sites (N-methyl/N-ethyl adjacent to an activating group) is 1. The number of nitrogens with zero attached hydrogens (tertiary/aromatic N) is 1. The maximum Gasteiger partial charge on any atom is 0.307 e. The molecule has 0 bridgehead atoms. The van der Waals surface area contributed by atoms with E-state index in [0.717, 1.165) is 13.1 Å². The minimum Gasteiger partial charge on any atom is -0.481 e. The van der Waals surface area contributed by atoms with Gasteiger partial charge < -0.3 is 15.3 Å². The molecule has 1 aliphatic rings. The van der Waals surface area contributed by atoms with Gasteiger partial charge in [-0.3, -0.25) is 4.79 Å². The third kappa shape index (κ3) is 4.62. The van der Waals surface area contributed by atoms with Crippen LogP contribution in [0.2, 0.25) is 0 Å². The zero-order valence-corrected chi connectivity index (χ0v) is 9.70. The lowest BCUT2D eigenvalue weighted by atomic mass is 10.0. The number of nitrogens with one attached hydrogen (secondary N) is 1. The summed E-state index contributed by atoms with van der Waals surface area (Å²) in [7, 11) is 2.00. The van der Waals surface area contributed by atoms with E-state index in [1.165, 1.54) is 19.3 Å². The number of hydrogen-bond acceptors (Lipinski definition) is 3. The third-order valence-corrected chi connectivity index (χ3v) is 2.95. The van der Waals surface area contributed by atoms with Gasteiger partial charge in [0.05, 0.1) is 5.92 Å². The molecule has 1 fully saturated rings. The average molecular weight is 214 g/mol. The smallest absolute Gasteiger partial charge is 0.307 e. The van der Waals surface area contributed by atoms with Crippen LogP contribution in [0, 0.1) is 5.92 Å². The van der Waals surface area contributed by atoms with Gasteiger partial charge in [-0.25, -0.2) is 0 Å². The molecule has 0 spiro atoms. The molecule has 0 radical (unpaired) electrons. The number of piperidine rings is 1. The molecule has 1 aliphatic heterocycles. The second-order valence-electron chi connectivity index (χ2n) is 4.61. The predicted octanol–water partition coefficient (Wildman–Crippen LogP) is 0.781. The molecule has 4 heteroatoms. The monoisotopic (exact) mass is 214 g/mol. The molecule has 4 nitrogen and oxygen atoms in total. The van der Waals surface area contributed by atoms with Gasteiger partial charge in [0.15, 0.2) is 0 Å². The van der Waals surface area contributed by atoms with Crippen molar-refractivity contribution in [2.45, 2.75) is 32.2 Å². The van der Waals surface area contributed by atoms with Crippen molar-refractivity contribution in [3.8, 4) is 0 Å². The van der Waals surface area contributed by atoms with Crippen molar-refractivity contribution in [1.29, 1.82) is 0 Å². The summed E-state index contributed by atoms with van der Waals surface area (Å²) in [5.74, 6) is -0.989. The van der Waals surface area contributed by atoms with Crippen LogP contribution in [0.4, 0.5) is 0 Å². The zero-order valence-electron chi connectivity index (χ0n) is 9.70. The Hall–Kier alpha value is -0.610. The first kappa shape index (κ1) is 12.5. The Morgan fingerprint density at radius 1 is 1.60 bits per heavy atom. The normalized spacial score (nSPS) is 24.1. The van der Waals surface area contributed by atoms with Crippen molar-refractivity contribution in [2.75, 3.05) is 26.7 Å². The molecule has 2 N–H and O–H groups in total. The van der Waals surface area contributed by atoms with Crippen LogP contribution in [0.15, 0.2) is 0 Å². The van der Waals surface area contributed by atoms with E-state index < -0.39 is 5.97 Å². The molecular formula is C11H22N2O2. The Labute approximate surface area is 91.6 Å². The fourth-order valence-electron chi connectivity index (χ4n) is 2.08. The standard InChI is InChI=1S/C11H22N2O2/c1-9(11(14)15)7-13(2)8-10-5-3-4-6-12-10/h9-10,12H,3-8H2,1-2H3,(H,14,15). The van der Waals surface area contributed by atoms with E-state index in [-0.39, 0.29) is 5.92 Å². The van der Waals surface area contributed by atoms with Crippen LogP contribution in [0.25, 0.3) is 0 Å². The number of aliphatic carboxylic acids is 1. The molecule has 1 saturated heterocycles. The van der Waals surface area contributed by atoms with Crippen LogP contribution >= 0.6 is 0 Å². The number of carboxylic acid groups (broad SMARTS) is 1. The topological polar surface area (TPSA) is 52.6 Å². The highest BCUT2D eigenvalue weighted by Gasteiger charge is 2.18. The van der Waals surface area contributed by atoms with Crippen LogP contribution < -0.4 is 5.32 Å². The SMILES string of the molecule is CC(CN(C)CC1CCCCN1)C(=O)O. The lowest BCUT2D eigenvalue weighted by molar-refractivity contribution is -0.141. The van der Waals surface area contributed by atoms with Gasteiger partial charge in [-0.15, -0.1) is 0 Å². The zero-order chi connectivity index (χ0) is 11.3. The van der Waals surface area contributed by atoms with Gasteiger partial charge in [0.25, 0.3) is 0 Å². The molecule has 15 heavy (non-hydrogen) atoms. The van der Waals surface area contributed by atoms with Gasteiger partial charge in [-0.2, -0.15) is 0 Å². The summed E-state index contributed by atoms with van der Waals surface area (Å²) in [6.07, 6.45) is 3.78. The van der Waals surface area contributed by atoms with Crippen LogP contribution in [0.5, 0.6) is 0 Å². The van der Waals surface area contributed by atoms with Crippen LogP contribution in [-0.4, -0.2) is 48.7 Å². The maximum atomic E-state index is 10.7. The van der Waals surface area contributed by atoms with E-state index in [1.807, 2.05) is 7.05 Å². The van der Waals surface area contributed by atoms with Crippen molar-refractivity contribution in [3.63, 3.8) is 0 Å². The first-order valence-electron chi connectivity index (χ1n) is 5.74. The largest absolute Gasteiger partial charge is 0.481 e. The molecular weight excluding hydrogens is 192 g/mol. The number of carbonyl (C=O) groups is 1. The lowest BCUT2D eigenvalue weighted by Gasteiger charge is -2.28. The summed E-state index contributed by atoms with van der Waals surface area (Å²) in [4.78, 5) is 12.8. The number of rotatable bonds is 5. The van der Waals surface area contributed by atoms with E-state index in [2.05, 4.69) is 10.2 Å². The number of hydrogen-bond donors (Lipinski definition) is 2. The molecule has 0 aromatic heterocycles. The van der Waals surface area contributed by atoms with E-state index in [1.54, 1.807) is 6.92 Å². The molecule has 88 valence electrons. The molecule has 0 aromatic carbocycles. The summed E-state index contributed by atoms with van der Waals surface area (Å²) in [6.45, 7) is 4.45. The highest BCUT2D eigenvalue weighted by atomic mass is 16.4. The second kappa shape index (κ2) is 6.08. The molecule has 2 unspecified atom stereocenters. The second-order valence-corrected chi connectivity index (χ2v) is 4.61. The molecule has 1 rings (SSSR count). The van der Waals surface area contributed by atoms with Gasteiger partial charge in [0.1, 0.15) is 0 Å². The van der Waals surface area contributed by atoms with Crippen molar-refractivity contribution in [1.82, 2.24) is 10.2 Å². The molecule has 0 saturated carbocycles. The van der Waals surface area contributed by atoms with Gasteiger partial charge in [0, 0.05) is 19.1 Å². The Morgan fingerprint density at radius 3 is 2.87 bits per heavy atom. The first-order valence-corrected chi connectivity index (χ1v) is 5.74. The first-order chi connectivity index (χ1) is 7.09. The molecule has 0 aromatic rings. The Morgan fingerprint density at radius 2 is 2.33 bits per heavy atom. The highest BCUT2D eigenvalue weighted by Crippen LogP contribution is 2.08. The van der Waals surface area contributed by atoms with Gasteiger partial charge in [0.2, 0.25) is 0 Å². The van der Waals surface area contributed by atoms with Crippen LogP contribution in [0.1, 0.15) is 26.2 Å². The van der Waals surface area contributed by atoms with Gasteiger partial charge >= 0.3 is 5.97 Å². The van der Waals surface area contributed by atoms with Gasteiger partial charge in [-0.05, 0) is 26.4 Å². The van der Waals surface area contributed by atoms with Crippen molar-refractivity contribution >= 4 is 5.97 Å². The fraction of sp³-hybridized carbons (Fsp3) is 0.909. The summed E-state index contributed by atoms with van der Waals surface area (Å²) >= 11 is 0. The maximum absolute atomic E-state index is 10.7. The fourth-order valence-corrected chi connectivity index (χ4v) is 2.08. The third-order valence-electron chi connectivity index (χ3n) is 2.95. The Bertz CT molecular complexity index is 203. The van der Waals surface area contributed by atoms with Crippen LogP contribution in [-0.2, 0) is 4.79 Å². The quantitative estimate of drug-likeness (QED) is 0.710. The summed E-state index contributed by atoms with van der Waals surface area (Å²) in [5, 5.41) is 12.3. The summed E-state index contributed by atoms with van der Waals surface area (Å²) < 4.78 is 0. The van der Waals surface area contributed by atoms with Gasteiger partial charge in [-0.1, -0.05) is 13.3 Å². The number of carboxylic acids is 1. The Balaban J connectivity index is 2.22. The molecule has 1 heterocycles. The average Bonchev–Trinajstić information content (AvgIpc) is 2.18. The van der Waals surface area contributed by atoms with Crippen LogP contribution in [0.3, 0.4) is 0 Å². The predicted molar refractivity (Wildman–Crippen MR) is 59.9 cm³/mol. The van der Waals surface area contributed by atoms with E-state index in [9.17, 15) is 4.79 Å².